The molecule has 0 aromatic rings. The van der Waals surface area contributed by atoms with Crippen LogP contribution in [0.15, 0.2) is 23.3 Å². The molecule has 5 heteroatoms. The molecule has 0 spiro atoms. The van der Waals surface area contributed by atoms with E-state index in [1.54, 1.807) is 6.92 Å². The molecule has 5 nitrogen and oxygen atoms in total. The van der Waals surface area contributed by atoms with E-state index in [9.17, 15) is 24.6 Å². The molecule has 0 amide bonds. The van der Waals surface area contributed by atoms with Gasteiger partial charge in [-0.1, -0.05) is 46.8 Å². The number of aliphatic hydroxyl groups excluding tert-OH is 1. The molecule has 2 fully saturated rings. The zero-order chi connectivity index (χ0) is 26.1. The number of allylic oxidation sites excluding steroid dienone is 2. The highest BCUT2D eigenvalue weighted by atomic mass is 16.3. The molecule has 0 radical (unpaired) electrons. The second kappa shape index (κ2) is 8.76. The SMILES string of the molecule is C=C(CCC(C)C1CCC2(O)C3=C(C(=O)CC12C)C1(C)CCC(=O)C(C)C1CC3O)C(C)C(C)=O. The molecule has 4 aliphatic carbocycles. The fourth-order valence-corrected chi connectivity index (χ4v) is 8.58. The molecular formula is C30H44O5. The van der Waals surface area contributed by atoms with Gasteiger partial charge in [-0.05, 0) is 68.8 Å². The van der Waals surface area contributed by atoms with Gasteiger partial charge in [0, 0.05) is 41.1 Å². The van der Waals surface area contributed by atoms with Crippen LogP contribution in [0.3, 0.4) is 0 Å². The Balaban J connectivity index is 1.66. The second-order valence-corrected chi connectivity index (χ2v) is 12.8. The van der Waals surface area contributed by atoms with Crippen LogP contribution < -0.4 is 0 Å². The fraction of sp³-hybridized carbons (Fsp3) is 0.767. The van der Waals surface area contributed by atoms with Gasteiger partial charge in [0.15, 0.2) is 5.78 Å². The van der Waals surface area contributed by atoms with Crippen LogP contribution in [-0.2, 0) is 14.4 Å². The van der Waals surface area contributed by atoms with Crippen molar-refractivity contribution in [3.63, 3.8) is 0 Å². The number of carbonyl (C=O) groups is 3. The van der Waals surface area contributed by atoms with Gasteiger partial charge in [0.2, 0.25) is 0 Å². The molecule has 9 unspecified atom stereocenters. The third kappa shape index (κ3) is 3.75. The van der Waals surface area contributed by atoms with Crippen molar-refractivity contribution < 1.29 is 24.6 Å². The Morgan fingerprint density at radius 1 is 1.20 bits per heavy atom. The Morgan fingerprint density at radius 2 is 1.86 bits per heavy atom. The molecule has 2 N–H and O–H groups in total. The zero-order valence-electron chi connectivity index (χ0n) is 22.4. The monoisotopic (exact) mass is 484 g/mol. The lowest BCUT2D eigenvalue weighted by molar-refractivity contribution is -0.142. The van der Waals surface area contributed by atoms with Gasteiger partial charge < -0.3 is 10.2 Å². The predicted octanol–water partition coefficient (Wildman–Crippen LogP) is 4.99. The predicted molar refractivity (Wildman–Crippen MR) is 135 cm³/mol. The number of hydrogen-bond acceptors (Lipinski definition) is 5. The number of carbonyl (C=O) groups excluding carboxylic acids is 3. The van der Waals surface area contributed by atoms with Crippen molar-refractivity contribution in [3.05, 3.63) is 23.3 Å². The highest BCUT2D eigenvalue weighted by molar-refractivity contribution is 6.01. The Hall–Kier alpha value is -1.59. The minimum absolute atomic E-state index is 0.0497. The van der Waals surface area contributed by atoms with Crippen molar-refractivity contribution in [3.8, 4) is 0 Å². The van der Waals surface area contributed by atoms with E-state index in [0.717, 1.165) is 24.8 Å². The van der Waals surface area contributed by atoms with E-state index in [1.807, 2.05) is 20.8 Å². The van der Waals surface area contributed by atoms with Gasteiger partial charge in [-0.3, -0.25) is 14.4 Å². The van der Waals surface area contributed by atoms with Gasteiger partial charge in [0.1, 0.15) is 11.6 Å². The van der Waals surface area contributed by atoms with Crippen molar-refractivity contribution >= 4 is 17.3 Å². The standard InChI is InChI=1S/C30H44O5/c1-16(18(3)20(5)31)8-9-17(2)21-10-13-30(35)27-24(33)14-22-19(4)23(32)11-12-28(22,6)26(27)25(34)15-29(21,30)7/h17-19,21-22,24,33,35H,1,8-15H2,2-7H3. The Labute approximate surface area is 210 Å². The molecule has 0 heterocycles. The molecule has 9 atom stereocenters. The molecule has 0 aliphatic heterocycles. The number of Topliss-reactive ketones (excluding diaryl/α,β-unsaturated/α-hetero) is 3. The minimum atomic E-state index is -1.21. The molecule has 4 rings (SSSR count). The van der Waals surface area contributed by atoms with Crippen LogP contribution in [0.25, 0.3) is 0 Å². The lowest BCUT2D eigenvalue weighted by Gasteiger charge is -2.58. The summed E-state index contributed by atoms with van der Waals surface area (Å²) in [5.74, 6) is 0.360. The van der Waals surface area contributed by atoms with Gasteiger partial charge in [-0.2, -0.15) is 0 Å². The van der Waals surface area contributed by atoms with E-state index in [1.165, 1.54) is 0 Å². The molecule has 0 aromatic carbocycles. The third-order valence-corrected chi connectivity index (χ3v) is 11.1. The van der Waals surface area contributed by atoms with Crippen LogP contribution in [-0.4, -0.2) is 39.3 Å². The van der Waals surface area contributed by atoms with Gasteiger partial charge in [-0.15, -0.1) is 0 Å². The molecule has 0 saturated heterocycles. The maximum Gasteiger partial charge on any atom is 0.160 e. The quantitative estimate of drug-likeness (QED) is 0.519. The lowest BCUT2D eigenvalue weighted by Crippen LogP contribution is -2.60. The molecule has 2 saturated carbocycles. The summed E-state index contributed by atoms with van der Waals surface area (Å²) >= 11 is 0. The minimum Gasteiger partial charge on any atom is -0.389 e. The number of fused-ring (bicyclic) bond motifs is 4. The zero-order valence-corrected chi connectivity index (χ0v) is 22.4. The normalized spacial score (nSPS) is 42.7. The highest BCUT2D eigenvalue weighted by Crippen LogP contribution is 2.67. The van der Waals surface area contributed by atoms with E-state index < -0.39 is 22.5 Å². The van der Waals surface area contributed by atoms with Crippen LogP contribution in [0.1, 0.15) is 92.9 Å². The van der Waals surface area contributed by atoms with Gasteiger partial charge in [-0.25, -0.2) is 0 Å². The summed E-state index contributed by atoms with van der Waals surface area (Å²) in [6, 6.07) is 0. The Bertz CT molecular complexity index is 993. The summed E-state index contributed by atoms with van der Waals surface area (Å²) in [6.45, 7) is 15.9. The van der Waals surface area contributed by atoms with Crippen LogP contribution >= 0.6 is 0 Å². The van der Waals surface area contributed by atoms with E-state index >= 15 is 0 Å². The molecular weight excluding hydrogens is 440 g/mol. The molecule has 0 bridgehead atoms. The summed E-state index contributed by atoms with van der Waals surface area (Å²) in [6.07, 6.45) is 3.83. The van der Waals surface area contributed by atoms with E-state index in [0.29, 0.717) is 36.8 Å². The van der Waals surface area contributed by atoms with Crippen LogP contribution in [0.4, 0.5) is 0 Å². The first-order chi connectivity index (χ1) is 16.2. The van der Waals surface area contributed by atoms with Crippen LogP contribution in [0.2, 0.25) is 0 Å². The Morgan fingerprint density at radius 3 is 2.49 bits per heavy atom. The van der Waals surface area contributed by atoms with Crippen LogP contribution in [0, 0.1) is 40.4 Å². The van der Waals surface area contributed by atoms with Gasteiger partial charge in [0.05, 0.1) is 11.7 Å². The van der Waals surface area contributed by atoms with Gasteiger partial charge in [0.25, 0.3) is 0 Å². The van der Waals surface area contributed by atoms with Gasteiger partial charge >= 0.3 is 0 Å². The maximum absolute atomic E-state index is 13.9. The summed E-state index contributed by atoms with van der Waals surface area (Å²) in [4.78, 5) is 38.1. The van der Waals surface area contributed by atoms with E-state index in [-0.39, 0.29) is 53.4 Å². The molecule has 0 aromatic heterocycles. The van der Waals surface area contributed by atoms with E-state index in [4.69, 9.17) is 0 Å². The largest absolute Gasteiger partial charge is 0.389 e. The first-order valence-electron chi connectivity index (χ1n) is 13.6. The van der Waals surface area contributed by atoms with Crippen LogP contribution in [0.5, 0.6) is 0 Å². The number of rotatable bonds is 6. The van der Waals surface area contributed by atoms with Crippen molar-refractivity contribution in [1.29, 1.82) is 0 Å². The number of aliphatic hydroxyl groups is 2. The van der Waals surface area contributed by atoms with E-state index in [2.05, 4.69) is 20.4 Å². The summed E-state index contributed by atoms with van der Waals surface area (Å²) in [7, 11) is 0. The number of ketones is 3. The highest BCUT2D eigenvalue weighted by Gasteiger charge is 2.67. The number of hydrogen-bond donors (Lipinski definition) is 2. The second-order valence-electron chi connectivity index (χ2n) is 12.8. The van der Waals surface area contributed by atoms with Crippen molar-refractivity contribution in [1.82, 2.24) is 0 Å². The topological polar surface area (TPSA) is 91.7 Å². The van der Waals surface area contributed by atoms with Crippen molar-refractivity contribution in [2.75, 3.05) is 0 Å². The molecule has 4 aliphatic rings. The summed E-state index contributed by atoms with van der Waals surface area (Å²) in [5, 5.41) is 23.7. The average molecular weight is 485 g/mol. The van der Waals surface area contributed by atoms with Crippen molar-refractivity contribution in [2.24, 2.45) is 40.4 Å². The molecule has 194 valence electrons. The first-order valence-corrected chi connectivity index (χ1v) is 13.6. The lowest BCUT2D eigenvalue weighted by atomic mass is 9.47. The fourth-order valence-electron chi connectivity index (χ4n) is 8.58. The third-order valence-electron chi connectivity index (χ3n) is 11.1. The molecule has 35 heavy (non-hydrogen) atoms. The first kappa shape index (κ1) is 26.5. The summed E-state index contributed by atoms with van der Waals surface area (Å²) < 4.78 is 0. The summed E-state index contributed by atoms with van der Waals surface area (Å²) in [5.41, 5.74) is -0.179. The average Bonchev–Trinajstić information content (AvgIpc) is 3.06. The van der Waals surface area contributed by atoms with Crippen molar-refractivity contribution in [2.45, 2.75) is 105 Å². The Kier molecular flexibility index (Phi) is 6.63. The smallest absolute Gasteiger partial charge is 0.160 e. The maximum atomic E-state index is 13.9.